The van der Waals surface area contributed by atoms with Gasteiger partial charge in [0.2, 0.25) is 0 Å². The molecule has 3 heteroatoms. The molecule has 0 fully saturated rings. The molecule has 86 valence electrons. The zero-order valence-electron chi connectivity index (χ0n) is 10.4. The van der Waals surface area contributed by atoms with Crippen LogP contribution in [0, 0.1) is 0 Å². The molecular formula is C12H23N3. The number of hydrogen-bond acceptors (Lipinski definition) is 2. The minimum Gasteiger partial charge on any atom is -0.310 e. The van der Waals surface area contributed by atoms with Crippen LogP contribution in [0.15, 0.2) is 0 Å². The van der Waals surface area contributed by atoms with Gasteiger partial charge in [0.15, 0.2) is 0 Å². The second-order valence-electron chi connectivity index (χ2n) is 3.95. The predicted molar refractivity (Wildman–Crippen MR) is 64.1 cm³/mol. The molecule has 1 heterocycles. The first-order chi connectivity index (χ1) is 7.24. The van der Waals surface area contributed by atoms with Gasteiger partial charge in [-0.1, -0.05) is 20.8 Å². The molecule has 0 saturated heterocycles. The first-order valence-electron chi connectivity index (χ1n) is 6.03. The molecule has 1 unspecified atom stereocenters. The summed E-state index contributed by atoms with van der Waals surface area (Å²) < 4.78 is 0. The van der Waals surface area contributed by atoms with Crippen LogP contribution in [0.2, 0.25) is 0 Å². The number of nitrogens with one attached hydrogen (secondary N) is 2. The summed E-state index contributed by atoms with van der Waals surface area (Å²) in [6.45, 7) is 9.81. The number of aryl methyl sites for hydroxylation is 2. The van der Waals surface area contributed by atoms with E-state index in [0.29, 0.717) is 6.04 Å². The Hall–Kier alpha value is -0.830. The van der Waals surface area contributed by atoms with Crippen LogP contribution in [0.5, 0.6) is 0 Å². The van der Waals surface area contributed by atoms with Gasteiger partial charge in [-0.05, 0) is 32.7 Å². The van der Waals surface area contributed by atoms with Crippen LogP contribution in [0.1, 0.15) is 57.1 Å². The zero-order valence-corrected chi connectivity index (χ0v) is 10.4. The summed E-state index contributed by atoms with van der Waals surface area (Å²) >= 11 is 0. The predicted octanol–water partition coefficient (Wildman–Crippen LogP) is 2.60. The maximum absolute atomic E-state index is 4.37. The zero-order chi connectivity index (χ0) is 11.3. The Labute approximate surface area is 92.7 Å². The van der Waals surface area contributed by atoms with E-state index in [1.807, 2.05) is 0 Å². The summed E-state index contributed by atoms with van der Waals surface area (Å²) in [5.74, 6) is 0. The first kappa shape index (κ1) is 12.2. The van der Waals surface area contributed by atoms with Gasteiger partial charge in [0.1, 0.15) is 0 Å². The van der Waals surface area contributed by atoms with Crippen molar-refractivity contribution in [3.05, 3.63) is 17.0 Å². The number of aromatic nitrogens is 2. The molecule has 0 amide bonds. The van der Waals surface area contributed by atoms with E-state index in [9.17, 15) is 0 Å². The van der Waals surface area contributed by atoms with E-state index in [1.54, 1.807) is 0 Å². The highest BCUT2D eigenvalue weighted by Gasteiger charge is 2.16. The van der Waals surface area contributed by atoms with Crippen LogP contribution < -0.4 is 5.32 Å². The van der Waals surface area contributed by atoms with Crippen molar-refractivity contribution in [2.45, 2.75) is 53.0 Å². The van der Waals surface area contributed by atoms with Crippen molar-refractivity contribution in [1.29, 1.82) is 0 Å². The molecule has 3 nitrogen and oxygen atoms in total. The van der Waals surface area contributed by atoms with Crippen molar-refractivity contribution in [3.63, 3.8) is 0 Å². The van der Waals surface area contributed by atoms with Crippen LogP contribution >= 0.6 is 0 Å². The van der Waals surface area contributed by atoms with Gasteiger partial charge in [0, 0.05) is 17.3 Å². The summed E-state index contributed by atoms with van der Waals surface area (Å²) in [7, 11) is 0. The summed E-state index contributed by atoms with van der Waals surface area (Å²) in [6, 6.07) is 0.411. The van der Waals surface area contributed by atoms with E-state index in [4.69, 9.17) is 0 Å². The third-order valence-electron chi connectivity index (χ3n) is 2.78. The largest absolute Gasteiger partial charge is 0.310 e. The SMILES string of the molecule is CCCNC(C)c1c(CC)n[nH]c1CC. The van der Waals surface area contributed by atoms with Gasteiger partial charge in [0.25, 0.3) is 0 Å². The molecule has 2 N–H and O–H groups in total. The number of nitrogens with zero attached hydrogens (tertiary/aromatic N) is 1. The molecule has 1 aromatic rings. The fourth-order valence-corrected chi connectivity index (χ4v) is 1.94. The van der Waals surface area contributed by atoms with Crippen LogP contribution in [-0.4, -0.2) is 16.7 Å². The summed E-state index contributed by atoms with van der Waals surface area (Å²) in [5, 5.41) is 11.0. The molecule has 0 aliphatic rings. The molecule has 1 rings (SSSR count). The smallest absolute Gasteiger partial charge is 0.0669 e. The van der Waals surface area contributed by atoms with E-state index >= 15 is 0 Å². The van der Waals surface area contributed by atoms with Crippen molar-refractivity contribution < 1.29 is 0 Å². The maximum atomic E-state index is 4.37. The van der Waals surface area contributed by atoms with Crippen molar-refractivity contribution >= 4 is 0 Å². The highest BCUT2D eigenvalue weighted by atomic mass is 15.1. The van der Waals surface area contributed by atoms with Crippen molar-refractivity contribution in [3.8, 4) is 0 Å². The number of aromatic amines is 1. The Morgan fingerprint density at radius 2 is 2.00 bits per heavy atom. The minimum absolute atomic E-state index is 0.411. The molecule has 0 aliphatic carbocycles. The molecule has 0 radical (unpaired) electrons. The van der Waals surface area contributed by atoms with Gasteiger partial charge >= 0.3 is 0 Å². The first-order valence-corrected chi connectivity index (χ1v) is 6.03. The molecule has 0 spiro atoms. The lowest BCUT2D eigenvalue weighted by Crippen LogP contribution is -2.20. The molecule has 0 saturated carbocycles. The highest BCUT2D eigenvalue weighted by molar-refractivity contribution is 5.28. The maximum Gasteiger partial charge on any atom is 0.0669 e. The fraction of sp³-hybridized carbons (Fsp3) is 0.750. The number of rotatable bonds is 6. The van der Waals surface area contributed by atoms with Gasteiger partial charge in [-0.15, -0.1) is 0 Å². The van der Waals surface area contributed by atoms with E-state index in [1.165, 1.54) is 23.4 Å². The van der Waals surface area contributed by atoms with Crippen LogP contribution in [-0.2, 0) is 12.8 Å². The number of H-pyrrole nitrogens is 1. The van der Waals surface area contributed by atoms with Crippen molar-refractivity contribution in [1.82, 2.24) is 15.5 Å². The van der Waals surface area contributed by atoms with Crippen LogP contribution in [0.25, 0.3) is 0 Å². The third kappa shape index (κ3) is 2.81. The Balaban J connectivity index is 2.83. The topological polar surface area (TPSA) is 40.7 Å². The monoisotopic (exact) mass is 209 g/mol. The molecule has 0 aromatic carbocycles. The van der Waals surface area contributed by atoms with Gasteiger partial charge in [-0.2, -0.15) is 5.10 Å². The molecule has 1 aromatic heterocycles. The summed E-state index contributed by atoms with van der Waals surface area (Å²) in [5.41, 5.74) is 3.87. The fourth-order valence-electron chi connectivity index (χ4n) is 1.94. The van der Waals surface area contributed by atoms with Crippen molar-refractivity contribution in [2.24, 2.45) is 0 Å². The summed E-state index contributed by atoms with van der Waals surface area (Å²) in [6.07, 6.45) is 3.20. The Morgan fingerprint density at radius 3 is 2.53 bits per heavy atom. The Bertz CT molecular complexity index is 270. The van der Waals surface area contributed by atoms with E-state index in [2.05, 4.69) is 43.2 Å². The Kier molecular flexibility index (Phi) is 4.82. The van der Waals surface area contributed by atoms with Gasteiger partial charge in [-0.3, -0.25) is 5.10 Å². The second kappa shape index (κ2) is 5.91. The molecule has 1 atom stereocenters. The third-order valence-corrected chi connectivity index (χ3v) is 2.78. The quantitative estimate of drug-likeness (QED) is 0.756. The van der Waals surface area contributed by atoms with Crippen LogP contribution in [0.4, 0.5) is 0 Å². The van der Waals surface area contributed by atoms with Gasteiger partial charge in [0.05, 0.1) is 5.69 Å². The lowest BCUT2D eigenvalue weighted by atomic mass is 10.0. The molecule has 0 bridgehead atoms. The van der Waals surface area contributed by atoms with Crippen LogP contribution in [0.3, 0.4) is 0 Å². The standard InChI is InChI=1S/C12H23N3/c1-5-8-13-9(4)12-10(6-2)14-15-11(12)7-3/h9,13H,5-8H2,1-4H3,(H,14,15). The summed E-state index contributed by atoms with van der Waals surface area (Å²) in [4.78, 5) is 0. The average Bonchev–Trinajstić information content (AvgIpc) is 2.68. The number of hydrogen-bond donors (Lipinski definition) is 2. The minimum atomic E-state index is 0.411. The second-order valence-corrected chi connectivity index (χ2v) is 3.95. The van der Waals surface area contributed by atoms with E-state index in [0.717, 1.165) is 19.4 Å². The van der Waals surface area contributed by atoms with Gasteiger partial charge in [-0.25, -0.2) is 0 Å². The average molecular weight is 209 g/mol. The van der Waals surface area contributed by atoms with E-state index < -0.39 is 0 Å². The Morgan fingerprint density at radius 1 is 1.27 bits per heavy atom. The van der Waals surface area contributed by atoms with Crippen molar-refractivity contribution in [2.75, 3.05) is 6.54 Å². The normalized spacial score (nSPS) is 13.1. The van der Waals surface area contributed by atoms with E-state index in [-0.39, 0.29) is 0 Å². The molecule has 0 aliphatic heterocycles. The lowest BCUT2D eigenvalue weighted by molar-refractivity contribution is 0.563. The highest BCUT2D eigenvalue weighted by Crippen LogP contribution is 2.21. The molecule has 15 heavy (non-hydrogen) atoms. The molecular weight excluding hydrogens is 186 g/mol. The lowest BCUT2D eigenvalue weighted by Gasteiger charge is -2.14. The van der Waals surface area contributed by atoms with Gasteiger partial charge < -0.3 is 5.32 Å².